The Morgan fingerprint density at radius 2 is 1.96 bits per heavy atom. The molecule has 3 aromatic heterocycles. The number of benzene rings is 1. The minimum atomic E-state index is -0.321. The minimum absolute atomic E-state index is 0.321. The Balaban J connectivity index is 1.79. The number of halogens is 1. The Morgan fingerprint density at radius 3 is 2.80 bits per heavy atom. The average molecular weight is 329 g/mol. The maximum absolute atomic E-state index is 14.0. The van der Waals surface area contributed by atoms with Crippen molar-refractivity contribution < 1.29 is 4.39 Å². The lowest BCUT2D eigenvalue weighted by Crippen LogP contribution is -1.94. The van der Waals surface area contributed by atoms with E-state index in [4.69, 9.17) is 5.73 Å². The van der Waals surface area contributed by atoms with Crippen LogP contribution in [0, 0.1) is 17.7 Å². The third-order valence-corrected chi connectivity index (χ3v) is 3.64. The highest BCUT2D eigenvalue weighted by molar-refractivity contribution is 5.65. The molecule has 0 aliphatic heterocycles. The largest absolute Gasteiger partial charge is 0.384 e. The van der Waals surface area contributed by atoms with Crippen molar-refractivity contribution in [1.82, 2.24) is 19.6 Å². The summed E-state index contributed by atoms with van der Waals surface area (Å²) in [5.41, 5.74) is 8.58. The van der Waals surface area contributed by atoms with Gasteiger partial charge in [0.15, 0.2) is 5.65 Å². The fourth-order valence-electron chi connectivity index (χ4n) is 2.44. The Kier molecular flexibility index (Phi) is 3.60. The molecule has 3 heterocycles. The second-order valence-corrected chi connectivity index (χ2v) is 5.34. The van der Waals surface area contributed by atoms with Crippen molar-refractivity contribution in [3.8, 4) is 23.1 Å². The summed E-state index contributed by atoms with van der Waals surface area (Å²) in [6.07, 6.45) is 4.97. The SMILES string of the molecule is Nc1cc(C#Cc2cnn3ccc(-c4ccccc4F)nc23)ccn1. The van der Waals surface area contributed by atoms with Crippen LogP contribution in [0.25, 0.3) is 16.9 Å². The zero-order chi connectivity index (χ0) is 17.2. The van der Waals surface area contributed by atoms with Crippen molar-refractivity contribution in [3.63, 3.8) is 0 Å². The molecule has 0 saturated carbocycles. The summed E-state index contributed by atoms with van der Waals surface area (Å²) in [6, 6.07) is 11.7. The number of rotatable bonds is 1. The van der Waals surface area contributed by atoms with Crippen LogP contribution >= 0.6 is 0 Å². The minimum Gasteiger partial charge on any atom is -0.384 e. The van der Waals surface area contributed by atoms with Crippen molar-refractivity contribution in [1.29, 1.82) is 0 Å². The second kappa shape index (κ2) is 6.06. The van der Waals surface area contributed by atoms with Crippen molar-refractivity contribution in [3.05, 3.63) is 78.0 Å². The summed E-state index contributed by atoms with van der Waals surface area (Å²) in [5, 5.41) is 4.23. The van der Waals surface area contributed by atoms with E-state index < -0.39 is 0 Å². The molecule has 4 rings (SSSR count). The summed E-state index contributed by atoms with van der Waals surface area (Å²) in [6.45, 7) is 0. The normalized spacial score (nSPS) is 10.4. The first kappa shape index (κ1) is 14.8. The summed E-state index contributed by atoms with van der Waals surface area (Å²) < 4.78 is 15.6. The van der Waals surface area contributed by atoms with E-state index in [0.717, 1.165) is 5.56 Å². The molecule has 0 radical (unpaired) electrons. The molecule has 0 aliphatic rings. The molecule has 2 N–H and O–H groups in total. The van der Waals surface area contributed by atoms with Gasteiger partial charge in [-0.3, -0.25) is 0 Å². The highest BCUT2D eigenvalue weighted by Crippen LogP contribution is 2.21. The topological polar surface area (TPSA) is 69.1 Å². The Labute approximate surface area is 143 Å². The van der Waals surface area contributed by atoms with Crippen molar-refractivity contribution in [2.75, 3.05) is 5.73 Å². The molecule has 6 heteroatoms. The fourth-order valence-corrected chi connectivity index (χ4v) is 2.44. The van der Waals surface area contributed by atoms with E-state index in [1.165, 1.54) is 6.07 Å². The van der Waals surface area contributed by atoms with Crippen LogP contribution in [0.3, 0.4) is 0 Å². The first-order valence-electron chi connectivity index (χ1n) is 7.53. The van der Waals surface area contributed by atoms with Gasteiger partial charge in [0, 0.05) is 23.5 Å². The molecule has 0 amide bonds. The number of nitrogens with two attached hydrogens (primary N) is 1. The van der Waals surface area contributed by atoms with E-state index in [1.54, 1.807) is 59.5 Å². The van der Waals surface area contributed by atoms with Crippen LogP contribution in [0.4, 0.5) is 10.2 Å². The van der Waals surface area contributed by atoms with Gasteiger partial charge in [-0.15, -0.1) is 0 Å². The molecule has 5 nitrogen and oxygen atoms in total. The highest BCUT2D eigenvalue weighted by atomic mass is 19.1. The number of anilines is 1. The van der Waals surface area contributed by atoms with Crippen molar-refractivity contribution in [2.45, 2.75) is 0 Å². The lowest BCUT2D eigenvalue weighted by atomic mass is 10.1. The smallest absolute Gasteiger partial charge is 0.171 e. The molecule has 0 saturated heterocycles. The molecule has 0 atom stereocenters. The van der Waals surface area contributed by atoms with Crippen LogP contribution in [0.5, 0.6) is 0 Å². The molecule has 25 heavy (non-hydrogen) atoms. The van der Waals surface area contributed by atoms with E-state index in [1.807, 2.05) is 0 Å². The van der Waals surface area contributed by atoms with E-state index in [-0.39, 0.29) is 5.82 Å². The van der Waals surface area contributed by atoms with Gasteiger partial charge in [-0.2, -0.15) is 5.10 Å². The summed E-state index contributed by atoms with van der Waals surface area (Å²) >= 11 is 0. The highest BCUT2D eigenvalue weighted by Gasteiger charge is 2.09. The van der Waals surface area contributed by atoms with Crippen LogP contribution in [-0.4, -0.2) is 19.6 Å². The quantitative estimate of drug-likeness (QED) is 0.545. The van der Waals surface area contributed by atoms with Gasteiger partial charge < -0.3 is 5.73 Å². The predicted molar refractivity (Wildman–Crippen MR) is 93.0 cm³/mol. The van der Waals surface area contributed by atoms with Gasteiger partial charge in [-0.1, -0.05) is 24.0 Å². The zero-order valence-electron chi connectivity index (χ0n) is 13.0. The molecule has 120 valence electrons. The summed E-state index contributed by atoms with van der Waals surface area (Å²) in [4.78, 5) is 8.45. The molecule has 4 aromatic rings. The zero-order valence-corrected chi connectivity index (χ0v) is 13.0. The van der Waals surface area contributed by atoms with E-state index in [0.29, 0.717) is 28.3 Å². The molecule has 0 spiro atoms. The third kappa shape index (κ3) is 2.91. The fraction of sp³-hybridized carbons (Fsp3) is 0. The van der Waals surface area contributed by atoms with Crippen LogP contribution < -0.4 is 5.73 Å². The van der Waals surface area contributed by atoms with E-state index in [2.05, 4.69) is 26.9 Å². The Morgan fingerprint density at radius 1 is 1.08 bits per heavy atom. The van der Waals surface area contributed by atoms with Gasteiger partial charge in [0.25, 0.3) is 0 Å². The van der Waals surface area contributed by atoms with Crippen molar-refractivity contribution >= 4 is 11.5 Å². The maximum atomic E-state index is 14.0. The number of nitrogen functional groups attached to an aromatic ring is 1. The lowest BCUT2D eigenvalue weighted by Gasteiger charge is -2.03. The van der Waals surface area contributed by atoms with Gasteiger partial charge in [0.2, 0.25) is 0 Å². The second-order valence-electron chi connectivity index (χ2n) is 5.34. The summed E-state index contributed by atoms with van der Waals surface area (Å²) in [7, 11) is 0. The molecular weight excluding hydrogens is 317 g/mol. The predicted octanol–water partition coefficient (Wildman–Crippen LogP) is 2.91. The Hall–Kier alpha value is -3.72. The van der Waals surface area contributed by atoms with Gasteiger partial charge in [-0.05, 0) is 30.3 Å². The Bertz CT molecular complexity index is 1140. The number of hydrogen-bond donors (Lipinski definition) is 1. The van der Waals surface area contributed by atoms with Crippen LogP contribution in [0.15, 0.2) is 61.1 Å². The maximum Gasteiger partial charge on any atom is 0.171 e. The molecule has 1 aromatic carbocycles. The lowest BCUT2D eigenvalue weighted by molar-refractivity contribution is 0.630. The summed E-state index contributed by atoms with van der Waals surface area (Å²) in [5.74, 6) is 6.13. The van der Waals surface area contributed by atoms with Gasteiger partial charge in [-0.25, -0.2) is 18.9 Å². The van der Waals surface area contributed by atoms with Crippen LogP contribution in [0.1, 0.15) is 11.1 Å². The number of hydrogen-bond acceptors (Lipinski definition) is 4. The monoisotopic (exact) mass is 329 g/mol. The number of pyridine rings is 1. The third-order valence-electron chi connectivity index (χ3n) is 3.64. The molecule has 0 unspecified atom stereocenters. The number of aromatic nitrogens is 4. The van der Waals surface area contributed by atoms with E-state index >= 15 is 0 Å². The number of nitrogens with zero attached hydrogens (tertiary/aromatic N) is 4. The standard InChI is InChI=1S/C19H12FN5/c20-16-4-2-1-3-15(16)17-8-10-25-19(24-17)14(12-23-25)6-5-13-7-9-22-18(21)11-13/h1-4,7-12H,(H2,21,22). The average Bonchev–Trinajstić information content (AvgIpc) is 3.03. The number of fused-ring (bicyclic) bond motifs is 1. The van der Waals surface area contributed by atoms with Gasteiger partial charge in [0.05, 0.1) is 17.5 Å². The molecule has 0 fully saturated rings. The van der Waals surface area contributed by atoms with Crippen molar-refractivity contribution in [2.24, 2.45) is 0 Å². The first-order chi connectivity index (χ1) is 12.2. The van der Waals surface area contributed by atoms with Crippen LogP contribution in [0.2, 0.25) is 0 Å². The van der Waals surface area contributed by atoms with E-state index in [9.17, 15) is 4.39 Å². The van der Waals surface area contributed by atoms with Gasteiger partial charge >= 0.3 is 0 Å². The molecular formula is C19H12FN5. The molecule has 0 bridgehead atoms. The van der Waals surface area contributed by atoms with Gasteiger partial charge in [0.1, 0.15) is 11.6 Å². The van der Waals surface area contributed by atoms with Crippen LogP contribution in [-0.2, 0) is 0 Å². The first-order valence-corrected chi connectivity index (χ1v) is 7.53. The molecule has 0 aliphatic carbocycles.